The minimum atomic E-state index is -0.201. The molecule has 0 aromatic carbocycles. The number of hydrogen-bond acceptors (Lipinski definition) is 2. The molecule has 80 valence electrons. The Labute approximate surface area is 85.8 Å². The lowest BCUT2D eigenvalue weighted by Gasteiger charge is -2.17. The van der Waals surface area contributed by atoms with Gasteiger partial charge in [0, 0.05) is 18.9 Å². The fourth-order valence-corrected chi connectivity index (χ4v) is 1.77. The Morgan fingerprint density at radius 2 is 2.29 bits per heavy atom. The summed E-state index contributed by atoms with van der Waals surface area (Å²) in [5.41, 5.74) is 1.24. The number of aliphatic hydroxyl groups is 1. The Kier molecular flexibility index (Phi) is 4.14. The van der Waals surface area contributed by atoms with Crippen LogP contribution in [-0.2, 0) is 13.5 Å². The van der Waals surface area contributed by atoms with Gasteiger partial charge in [0.2, 0.25) is 0 Å². The molecule has 0 saturated heterocycles. The average Bonchev–Trinajstić information content (AvgIpc) is 2.52. The molecule has 0 bridgehead atoms. The summed E-state index contributed by atoms with van der Waals surface area (Å²) in [4.78, 5) is 0. The van der Waals surface area contributed by atoms with E-state index in [9.17, 15) is 5.11 Å². The number of hydrogen-bond donors (Lipinski definition) is 1. The van der Waals surface area contributed by atoms with Gasteiger partial charge in [-0.25, -0.2) is 0 Å². The maximum absolute atomic E-state index is 9.49. The SMILES string of the molecule is CCC(CCc1ccnn1C)C(C)O. The summed E-state index contributed by atoms with van der Waals surface area (Å²) in [5.74, 6) is 0.407. The fourth-order valence-electron chi connectivity index (χ4n) is 1.77. The monoisotopic (exact) mass is 196 g/mol. The summed E-state index contributed by atoms with van der Waals surface area (Å²) in [7, 11) is 1.96. The summed E-state index contributed by atoms with van der Waals surface area (Å²) in [6.07, 6.45) is 4.69. The van der Waals surface area contributed by atoms with Crippen LogP contribution in [0.4, 0.5) is 0 Å². The van der Waals surface area contributed by atoms with Gasteiger partial charge in [0.15, 0.2) is 0 Å². The van der Waals surface area contributed by atoms with Gasteiger partial charge in [-0.05, 0) is 31.7 Å². The predicted molar refractivity (Wildman–Crippen MR) is 57.0 cm³/mol. The van der Waals surface area contributed by atoms with Crippen LogP contribution in [0.5, 0.6) is 0 Å². The van der Waals surface area contributed by atoms with Crippen LogP contribution in [0, 0.1) is 5.92 Å². The Balaban J connectivity index is 2.43. The Morgan fingerprint density at radius 1 is 1.57 bits per heavy atom. The molecule has 0 aliphatic heterocycles. The van der Waals surface area contributed by atoms with Crippen LogP contribution in [0.1, 0.15) is 32.4 Å². The Hall–Kier alpha value is -0.830. The lowest BCUT2D eigenvalue weighted by molar-refractivity contribution is 0.117. The third-order valence-corrected chi connectivity index (χ3v) is 2.90. The number of nitrogens with zero attached hydrogens (tertiary/aromatic N) is 2. The van der Waals surface area contributed by atoms with E-state index >= 15 is 0 Å². The second kappa shape index (κ2) is 5.15. The van der Waals surface area contributed by atoms with Gasteiger partial charge in [0.05, 0.1) is 6.10 Å². The maximum atomic E-state index is 9.49. The first-order valence-corrected chi connectivity index (χ1v) is 5.30. The van der Waals surface area contributed by atoms with Gasteiger partial charge >= 0.3 is 0 Å². The molecule has 0 amide bonds. The van der Waals surface area contributed by atoms with Crippen molar-refractivity contribution in [3.05, 3.63) is 18.0 Å². The van der Waals surface area contributed by atoms with Gasteiger partial charge in [-0.15, -0.1) is 0 Å². The van der Waals surface area contributed by atoms with Gasteiger partial charge in [0.1, 0.15) is 0 Å². The van der Waals surface area contributed by atoms with E-state index in [1.54, 1.807) is 0 Å². The summed E-state index contributed by atoms with van der Waals surface area (Å²) < 4.78 is 1.90. The molecule has 1 N–H and O–H groups in total. The van der Waals surface area contributed by atoms with Gasteiger partial charge < -0.3 is 5.11 Å². The van der Waals surface area contributed by atoms with Gasteiger partial charge in [0.25, 0.3) is 0 Å². The van der Waals surface area contributed by atoms with E-state index in [2.05, 4.69) is 12.0 Å². The Bertz CT molecular complexity index is 268. The molecule has 0 spiro atoms. The highest BCUT2D eigenvalue weighted by Gasteiger charge is 2.13. The van der Waals surface area contributed by atoms with E-state index in [1.807, 2.05) is 30.9 Å². The van der Waals surface area contributed by atoms with Crippen LogP contribution in [-0.4, -0.2) is 21.0 Å². The van der Waals surface area contributed by atoms with Gasteiger partial charge in [-0.3, -0.25) is 4.68 Å². The van der Waals surface area contributed by atoms with Crippen molar-refractivity contribution in [3.63, 3.8) is 0 Å². The third-order valence-electron chi connectivity index (χ3n) is 2.90. The summed E-state index contributed by atoms with van der Waals surface area (Å²) in [6.45, 7) is 4.00. The van der Waals surface area contributed by atoms with E-state index in [4.69, 9.17) is 0 Å². The van der Waals surface area contributed by atoms with E-state index in [0.717, 1.165) is 19.3 Å². The zero-order chi connectivity index (χ0) is 10.6. The minimum Gasteiger partial charge on any atom is -0.393 e. The molecule has 2 unspecified atom stereocenters. The largest absolute Gasteiger partial charge is 0.393 e. The smallest absolute Gasteiger partial charge is 0.0540 e. The molecule has 3 nitrogen and oxygen atoms in total. The molecule has 1 heterocycles. The molecule has 14 heavy (non-hydrogen) atoms. The highest BCUT2D eigenvalue weighted by Crippen LogP contribution is 2.16. The maximum Gasteiger partial charge on any atom is 0.0540 e. The topological polar surface area (TPSA) is 38.0 Å². The first-order chi connectivity index (χ1) is 6.65. The van der Waals surface area contributed by atoms with Crippen molar-refractivity contribution in [2.45, 2.75) is 39.2 Å². The number of rotatable bonds is 5. The normalized spacial score (nSPS) is 15.4. The van der Waals surface area contributed by atoms with E-state index < -0.39 is 0 Å². The molecule has 3 heteroatoms. The molecular weight excluding hydrogens is 176 g/mol. The molecule has 1 rings (SSSR count). The summed E-state index contributed by atoms with van der Waals surface area (Å²) in [5, 5.41) is 13.6. The van der Waals surface area contributed by atoms with Gasteiger partial charge in [-0.2, -0.15) is 5.10 Å². The third kappa shape index (κ3) is 2.84. The minimum absolute atomic E-state index is 0.201. The van der Waals surface area contributed by atoms with Crippen LogP contribution in [0.25, 0.3) is 0 Å². The lowest BCUT2D eigenvalue weighted by Crippen LogP contribution is -2.17. The summed E-state index contributed by atoms with van der Waals surface area (Å²) >= 11 is 0. The van der Waals surface area contributed by atoms with Crippen molar-refractivity contribution >= 4 is 0 Å². The Morgan fingerprint density at radius 3 is 2.71 bits per heavy atom. The second-order valence-electron chi connectivity index (χ2n) is 3.89. The van der Waals surface area contributed by atoms with Crippen molar-refractivity contribution in [2.24, 2.45) is 13.0 Å². The molecule has 0 aliphatic carbocycles. The zero-order valence-electron chi connectivity index (χ0n) is 9.27. The fraction of sp³-hybridized carbons (Fsp3) is 0.727. The molecule has 2 atom stereocenters. The molecule has 1 aromatic heterocycles. The van der Waals surface area contributed by atoms with Crippen molar-refractivity contribution in [2.75, 3.05) is 0 Å². The quantitative estimate of drug-likeness (QED) is 0.779. The standard InChI is InChI=1S/C11H20N2O/c1-4-10(9(2)14)5-6-11-7-8-12-13(11)3/h7-10,14H,4-6H2,1-3H3. The highest BCUT2D eigenvalue weighted by atomic mass is 16.3. The molecule has 0 fully saturated rings. The van der Waals surface area contributed by atoms with Crippen molar-refractivity contribution in [1.29, 1.82) is 0 Å². The van der Waals surface area contributed by atoms with E-state index in [1.165, 1.54) is 5.69 Å². The molecule has 0 aliphatic rings. The van der Waals surface area contributed by atoms with Crippen LogP contribution in [0.15, 0.2) is 12.3 Å². The summed E-state index contributed by atoms with van der Waals surface area (Å²) in [6, 6.07) is 2.04. The van der Waals surface area contributed by atoms with Crippen LogP contribution < -0.4 is 0 Å². The van der Waals surface area contributed by atoms with Crippen molar-refractivity contribution < 1.29 is 5.11 Å². The molecule has 1 aromatic rings. The second-order valence-corrected chi connectivity index (χ2v) is 3.89. The number of aromatic nitrogens is 2. The predicted octanol–water partition coefficient (Wildman–Crippen LogP) is 1.76. The van der Waals surface area contributed by atoms with Crippen molar-refractivity contribution in [3.8, 4) is 0 Å². The van der Waals surface area contributed by atoms with Gasteiger partial charge in [-0.1, -0.05) is 13.3 Å². The highest BCUT2D eigenvalue weighted by molar-refractivity contribution is 5.00. The van der Waals surface area contributed by atoms with Crippen LogP contribution in [0.3, 0.4) is 0 Å². The number of aryl methyl sites for hydroxylation is 2. The molecule has 0 saturated carbocycles. The van der Waals surface area contributed by atoms with E-state index in [0.29, 0.717) is 5.92 Å². The lowest BCUT2D eigenvalue weighted by atomic mass is 9.94. The first kappa shape index (κ1) is 11.2. The first-order valence-electron chi connectivity index (χ1n) is 5.30. The number of aliphatic hydroxyl groups excluding tert-OH is 1. The molecule has 0 radical (unpaired) electrons. The van der Waals surface area contributed by atoms with Crippen LogP contribution in [0.2, 0.25) is 0 Å². The van der Waals surface area contributed by atoms with E-state index in [-0.39, 0.29) is 6.10 Å². The van der Waals surface area contributed by atoms with Crippen molar-refractivity contribution in [1.82, 2.24) is 9.78 Å². The van der Waals surface area contributed by atoms with Crippen LogP contribution >= 0.6 is 0 Å². The molecular formula is C11H20N2O. The average molecular weight is 196 g/mol. The zero-order valence-corrected chi connectivity index (χ0v) is 9.27.